The number of nitrogens with zero attached hydrogens (tertiary/aromatic N) is 2. The molecule has 2 unspecified atom stereocenters. The van der Waals surface area contributed by atoms with Crippen LogP contribution in [0.15, 0.2) is 12.4 Å². The highest BCUT2D eigenvalue weighted by Crippen LogP contribution is 2.25. The molecule has 1 aromatic rings. The van der Waals surface area contributed by atoms with Gasteiger partial charge in [0.05, 0.1) is 6.10 Å². The molecule has 0 spiro atoms. The van der Waals surface area contributed by atoms with Crippen LogP contribution in [-0.4, -0.2) is 20.8 Å². The van der Waals surface area contributed by atoms with E-state index in [-0.39, 0.29) is 6.10 Å². The van der Waals surface area contributed by atoms with E-state index in [1.165, 1.54) is 19.3 Å². The summed E-state index contributed by atoms with van der Waals surface area (Å²) < 4.78 is 2.08. The fourth-order valence-corrected chi connectivity index (χ4v) is 2.47. The number of rotatable bonds is 2. The van der Waals surface area contributed by atoms with Crippen LogP contribution in [0.1, 0.15) is 37.9 Å². The molecule has 3 heteroatoms. The topological polar surface area (TPSA) is 38.0 Å². The minimum atomic E-state index is -0.0854. The van der Waals surface area contributed by atoms with Crippen LogP contribution in [0.3, 0.4) is 0 Å². The van der Waals surface area contributed by atoms with Crippen molar-refractivity contribution in [2.24, 2.45) is 13.0 Å². The summed E-state index contributed by atoms with van der Waals surface area (Å²) in [6.07, 6.45) is 10.4. The number of aliphatic hydroxyl groups excluding tert-OH is 1. The van der Waals surface area contributed by atoms with Crippen LogP contribution < -0.4 is 0 Å². The molecule has 1 aliphatic carbocycles. The van der Waals surface area contributed by atoms with Gasteiger partial charge in [0.15, 0.2) is 0 Å². The van der Waals surface area contributed by atoms with Crippen molar-refractivity contribution >= 4 is 0 Å². The fraction of sp³-hybridized carbons (Fsp3) is 0.750. The Morgan fingerprint density at radius 3 is 3.00 bits per heavy atom. The molecule has 1 heterocycles. The second-order valence-corrected chi connectivity index (χ2v) is 4.70. The largest absolute Gasteiger partial charge is 0.393 e. The standard InChI is InChI=1S/C12H20N2O/c1-14-7-6-13-12(14)9-10-4-2-3-5-11(15)8-10/h6-7,10-11,15H,2-5,8-9H2,1H3. The molecule has 1 N–H and O–H groups in total. The first-order chi connectivity index (χ1) is 7.25. The predicted octanol–water partition coefficient (Wildman–Crippen LogP) is 1.90. The molecule has 1 aromatic heterocycles. The Balaban J connectivity index is 1.96. The maximum absolute atomic E-state index is 9.73. The molecule has 84 valence electrons. The number of hydrogen-bond donors (Lipinski definition) is 1. The van der Waals surface area contributed by atoms with Crippen molar-refractivity contribution in [3.05, 3.63) is 18.2 Å². The molecule has 15 heavy (non-hydrogen) atoms. The van der Waals surface area contributed by atoms with E-state index in [0.717, 1.165) is 25.1 Å². The van der Waals surface area contributed by atoms with E-state index in [1.807, 2.05) is 19.4 Å². The minimum absolute atomic E-state index is 0.0854. The van der Waals surface area contributed by atoms with Crippen LogP contribution >= 0.6 is 0 Å². The molecule has 1 fully saturated rings. The fourth-order valence-electron chi connectivity index (χ4n) is 2.47. The summed E-state index contributed by atoms with van der Waals surface area (Å²) in [7, 11) is 2.04. The zero-order valence-corrected chi connectivity index (χ0v) is 9.39. The van der Waals surface area contributed by atoms with Crippen LogP contribution in [0, 0.1) is 5.92 Å². The first kappa shape index (κ1) is 10.7. The molecule has 1 aliphatic rings. The molecule has 0 radical (unpaired) electrons. The quantitative estimate of drug-likeness (QED) is 0.754. The summed E-state index contributed by atoms with van der Waals surface area (Å²) in [5, 5.41) is 9.73. The number of aryl methyl sites for hydroxylation is 1. The molecule has 0 aliphatic heterocycles. The van der Waals surface area contributed by atoms with Crippen LogP contribution in [0.2, 0.25) is 0 Å². The van der Waals surface area contributed by atoms with Crippen molar-refractivity contribution in [1.82, 2.24) is 9.55 Å². The maximum Gasteiger partial charge on any atom is 0.108 e. The predicted molar refractivity (Wildman–Crippen MR) is 59.5 cm³/mol. The summed E-state index contributed by atoms with van der Waals surface area (Å²) in [6, 6.07) is 0. The molecule has 0 saturated heterocycles. The SMILES string of the molecule is Cn1ccnc1CC1CCCCC(O)C1. The Bertz CT molecular complexity index is 308. The summed E-state index contributed by atoms with van der Waals surface area (Å²) in [5.74, 6) is 1.76. The van der Waals surface area contributed by atoms with Gasteiger partial charge in [-0.2, -0.15) is 0 Å². The van der Waals surface area contributed by atoms with Gasteiger partial charge >= 0.3 is 0 Å². The van der Waals surface area contributed by atoms with Crippen LogP contribution in [-0.2, 0) is 13.5 Å². The summed E-state index contributed by atoms with van der Waals surface area (Å²) in [4.78, 5) is 4.35. The van der Waals surface area contributed by atoms with Crippen LogP contribution in [0.5, 0.6) is 0 Å². The van der Waals surface area contributed by atoms with Gasteiger partial charge in [-0.3, -0.25) is 0 Å². The lowest BCUT2D eigenvalue weighted by Gasteiger charge is -2.15. The van der Waals surface area contributed by atoms with Gasteiger partial charge in [-0.15, -0.1) is 0 Å². The molecule has 3 nitrogen and oxygen atoms in total. The first-order valence-electron chi connectivity index (χ1n) is 5.90. The average molecular weight is 208 g/mol. The van der Waals surface area contributed by atoms with E-state index < -0.39 is 0 Å². The third-order valence-electron chi connectivity index (χ3n) is 3.40. The molecule has 2 atom stereocenters. The highest BCUT2D eigenvalue weighted by molar-refractivity contribution is 4.93. The molecule has 0 aromatic carbocycles. The Labute approximate surface area is 91.1 Å². The second kappa shape index (κ2) is 4.79. The zero-order valence-electron chi connectivity index (χ0n) is 9.39. The summed E-state index contributed by atoms with van der Waals surface area (Å²) in [5.41, 5.74) is 0. The van der Waals surface area contributed by atoms with Crippen molar-refractivity contribution in [3.63, 3.8) is 0 Å². The molecular formula is C12H20N2O. The van der Waals surface area contributed by atoms with Gasteiger partial charge in [-0.1, -0.05) is 12.8 Å². The van der Waals surface area contributed by atoms with Crippen molar-refractivity contribution < 1.29 is 5.11 Å². The highest BCUT2D eigenvalue weighted by Gasteiger charge is 2.19. The van der Waals surface area contributed by atoms with E-state index in [1.54, 1.807) is 0 Å². The third kappa shape index (κ3) is 2.81. The molecular weight excluding hydrogens is 188 g/mol. The minimum Gasteiger partial charge on any atom is -0.393 e. The lowest BCUT2D eigenvalue weighted by molar-refractivity contribution is 0.140. The van der Waals surface area contributed by atoms with Gasteiger partial charge in [0.2, 0.25) is 0 Å². The van der Waals surface area contributed by atoms with Gasteiger partial charge in [-0.25, -0.2) is 4.98 Å². The summed E-state index contributed by atoms with van der Waals surface area (Å²) >= 11 is 0. The Hall–Kier alpha value is -0.830. The normalized spacial score (nSPS) is 27.6. The Morgan fingerprint density at radius 1 is 1.47 bits per heavy atom. The third-order valence-corrected chi connectivity index (χ3v) is 3.40. The highest BCUT2D eigenvalue weighted by atomic mass is 16.3. The lowest BCUT2D eigenvalue weighted by Crippen LogP contribution is -2.14. The van der Waals surface area contributed by atoms with Gasteiger partial charge < -0.3 is 9.67 Å². The summed E-state index contributed by atoms with van der Waals surface area (Å²) in [6.45, 7) is 0. The van der Waals surface area contributed by atoms with E-state index >= 15 is 0 Å². The van der Waals surface area contributed by atoms with E-state index in [0.29, 0.717) is 5.92 Å². The lowest BCUT2D eigenvalue weighted by atomic mass is 9.95. The zero-order chi connectivity index (χ0) is 10.7. The number of aliphatic hydroxyl groups is 1. The van der Waals surface area contributed by atoms with Crippen molar-refractivity contribution in [2.75, 3.05) is 0 Å². The van der Waals surface area contributed by atoms with Crippen molar-refractivity contribution in [1.29, 1.82) is 0 Å². The molecule has 0 bridgehead atoms. The van der Waals surface area contributed by atoms with Crippen molar-refractivity contribution in [3.8, 4) is 0 Å². The monoisotopic (exact) mass is 208 g/mol. The second-order valence-electron chi connectivity index (χ2n) is 4.70. The van der Waals surface area contributed by atoms with Crippen LogP contribution in [0.4, 0.5) is 0 Å². The van der Waals surface area contributed by atoms with E-state index in [2.05, 4.69) is 9.55 Å². The van der Waals surface area contributed by atoms with Gasteiger partial charge in [-0.05, 0) is 25.2 Å². The Kier molecular flexibility index (Phi) is 3.41. The van der Waals surface area contributed by atoms with Crippen molar-refractivity contribution in [2.45, 2.75) is 44.6 Å². The van der Waals surface area contributed by atoms with Gasteiger partial charge in [0.25, 0.3) is 0 Å². The molecule has 2 rings (SSSR count). The van der Waals surface area contributed by atoms with E-state index in [4.69, 9.17) is 0 Å². The first-order valence-corrected chi connectivity index (χ1v) is 5.90. The maximum atomic E-state index is 9.73. The molecule has 1 saturated carbocycles. The number of aromatic nitrogens is 2. The number of imidazole rings is 1. The smallest absolute Gasteiger partial charge is 0.108 e. The van der Waals surface area contributed by atoms with E-state index in [9.17, 15) is 5.11 Å². The Morgan fingerprint density at radius 2 is 2.27 bits per heavy atom. The number of hydrogen-bond acceptors (Lipinski definition) is 2. The average Bonchev–Trinajstić information content (AvgIpc) is 2.48. The van der Waals surface area contributed by atoms with Gasteiger partial charge in [0, 0.05) is 25.9 Å². The molecule has 0 amide bonds. The van der Waals surface area contributed by atoms with Gasteiger partial charge in [0.1, 0.15) is 5.82 Å². The van der Waals surface area contributed by atoms with Crippen LogP contribution in [0.25, 0.3) is 0 Å².